The molecule has 1 nitrogen and oxygen atoms in total. The third kappa shape index (κ3) is 4.06. The van der Waals surface area contributed by atoms with Crippen LogP contribution in [0.4, 0.5) is 0 Å². The van der Waals surface area contributed by atoms with Crippen molar-refractivity contribution in [3.8, 4) is 0 Å². The molecule has 1 aromatic heterocycles. The van der Waals surface area contributed by atoms with Gasteiger partial charge in [0, 0.05) is 17.8 Å². The summed E-state index contributed by atoms with van der Waals surface area (Å²) >= 11 is 0. The van der Waals surface area contributed by atoms with Crippen molar-refractivity contribution in [2.45, 2.75) is 85.5 Å². The summed E-state index contributed by atoms with van der Waals surface area (Å²) in [4.78, 5) is 4.83. The summed E-state index contributed by atoms with van der Waals surface area (Å²) in [7, 11) is 0. The van der Waals surface area contributed by atoms with E-state index in [1.807, 2.05) is 0 Å². The molecule has 19 heavy (non-hydrogen) atoms. The largest absolute Gasteiger partial charge is 0.260 e. The zero-order chi connectivity index (χ0) is 14.3. The lowest BCUT2D eigenvalue weighted by Gasteiger charge is -2.21. The van der Waals surface area contributed by atoms with E-state index in [2.05, 4.69) is 40.8 Å². The summed E-state index contributed by atoms with van der Waals surface area (Å²) in [5.74, 6) is 0.655. The Morgan fingerprint density at radius 2 is 1.58 bits per heavy atom. The minimum absolute atomic E-state index is 0.655. The first-order chi connectivity index (χ1) is 9.19. The predicted octanol–water partition coefficient (Wildman–Crippen LogP) is 5.59. The van der Waals surface area contributed by atoms with Crippen molar-refractivity contribution in [3.63, 3.8) is 0 Å². The molecule has 0 spiro atoms. The van der Waals surface area contributed by atoms with Crippen LogP contribution in [0.25, 0.3) is 0 Å². The third-order valence-corrected chi connectivity index (χ3v) is 4.06. The van der Waals surface area contributed by atoms with Gasteiger partial charge in [0.25, 0.3) is 0 Å². The second-order valence-electron chi connectivity index (χ2n) is 5.68. The smallest absolute Gasteiger partial charge is 0.0469 e. The molecule has 1 aromatic rings. The number of pyridine rings is 1. The van der Waals surface area contributed by atoms with Crippen molar-refractivity contribution in [1.29, 1.82) is 0 Å². The van der Waals surface area contributed by atoms with Gasteiger partial charge >= 0.3 is 0 Å². The molecule has 0 N–H and O–H groups in total. The number of aryl methyl sites for hydroxylation is 1. The predicted molar refractivity (Wildman–Crippen MR) is 84.9 cm³/mol. The Labute approximate surface area is 119 Å². The van der Waals surface area contributed by atoms with E-state index in [0.29, 0.717) is 5.92 Å². The summed E-state index contributed by atoms with van der Waals surface area (Å²) in [5.41, 5.74) is 5.95. The van der Waals surface area contributed by atoms with Gasteiger partial charge in [-0.05, 0) is 49.3 Å². The van der Waals surface area contributed by atoms with E-state index in [1.165, 1.54) is 56.2 Å². The number of aromatic nitrogens is 1. The van der Waals surface area contributed by atoms with E-state index in [-0.39, 0.29) is 0 Å². The Morgan fingerprint density at radius 1 is 0.947 bits per heavy atom. The molecule has 1 atom stereocenters. The zero-order valence-corrected chi connectivity index (χ0v) is 13.6. The van der Waals surface area contributed by atoms with Crippen LogP contribution in [-0.2, 0) is 12.8 Å². The molecule has 1 rings (SSSR count). The Kier molecular flexibility index (Phi) is 7.12. The molecule has 0 aliphatic carbocycles. The maximum atomic E-state index is 4.83. The van der Waals surface area contributed by atoms with Gasteiger partial charge in [0.2, 0.25) is 0 Å². The lowest BCUT2D eigenvalue weighted by molar-refractivity contribution is 0.571. The van der Waals surface area contributed by atoms with E-state index in [0.717, 1.165) is 0 Å². The number of hydrogen-bond acceptors (Lipinski definition) is 1. The van der Waals surface area contributed by atoms with Gasteiger partial charge < -0.3 is 0 Å². The molecule has 0 saturated heterocycles. The highest BCUT2D eigenvalue weighted by atomic mass is 14.7. The molecule has 0 radical (unpaired) electrons. The van der Waals surface area contributed by atoms with Gasteiger partial charge in [-0.25, -0.2) is 0 Å². The lowest BCUT2D eigenvalue weighted by atomic mass is 9.87. The van der Waals surface area contributed by atoms with Gasteiger partial charge in [-0.15, -0.1) is 0 Å². The molecule has 0 fully saturated rings. The molecule has 0 aliphatic heterocycles. The van der Waals surface area contributed by atoms with Crippen LogP contribution in [-0.4, -0.2) is 4.98 Å². The lowest BCUT2D eigenvalue weighted by Crippen LogP contribution is -2.10. The van der Waals surface area contributed by atoms with Crippen LogP contribution in [0.3, 0.4) is 0 Å². The number of rotatable bonds is 8. The quantitative estimate of drug-likeness (QED) is 0.594. The highest BCUT2D eigenvalue weighted by molar-refractivity contribution is 5.38. The van der Waals surface area contributed by atoms with E-state index in [1.54, 1.807) is 11.1 Å². The summed E-state index contributed by atoms with van der Waals surface area (Å²) in [6.45, 7) is 11.4. The molecular formula is C18H31N. The van der Waals surface area contributed by atoms with Crippen molar-refractivity contribution in [2.75, 3.05) is 0 Å². The molecule has 1 heterocycles. The fourth-order valence-corrected chi connectivity index (χ4v) is 3.08. The second kappa shape index (κ2) is 8.35. The van der Waals surface area contributed by atoms with Crippen molar-refractivity contribution < 1.29 is 0 Å². The Balaban J connectivity index is 3.24. The standard InChI is InChI=1S/C18H31N/c1-6-10-15(9-4)18-17(12-8-3)16(11-7-2)14(5)13-19-18/h13,15H,6-12H2,1-5H3. The van der Waals surface area contributed by atoms with Gasteiger partial charge in [0.05, 0.1) is 0 Å². The van der Waals surface area contributed by atoms with E-state index in [4.69, 9.17) is 4.98 Å². The molecule has 0 saturated carbocycles. The molecule has 0 aromatic carbocycles. The number of hydrogen-bond donors (Lipinski definition) is 0. The minimum Gasteiger partial charge on any atom is -0.260 e. The SMILES string of the molecule is CCCc1c(C)cnc(C(CC)CCC)c1CCC. The molecule has 0 aliphatic rings. The second-order valence-corrected chi connectivity index (χ2v) is 5.68. The molecule has 1 heteroatoms. The average Bonchev–Trinajstić information content (AvgIpc) is 2.41. The fourth-order valence-electron chi connectivity index (χ4n) is 3.08. The average molecular weight is 261 g/mol. The first kappa shape index (κ1) is 16.2. The van der Waals surface area contributed by atoms with Crippen LogP contribution in [0.1, 0.15) is 88.1 Å². The Morgan fingerprint density at radius 3 is 2.11 bits per heavy atom. The van der Waals surface area contributed by atoms with Crippen molar-refractivity contribution >= 4 is 0 Å². The topological polar surface area (TPSA) is 12.9 Å². The minimum atomic E-state index is 0.655. The van der Waals surface area contributed by atoms with Gasteiger partial charge in [0.1, 0.15) is 0 Å². The van der Waals surface area contributed by atoms with Gasteiger partial charge in [-0.2, -0.15) is 0 Å². The molecule has 0 amide bonds. The first-order valence-corrected chi connectivity index (χ1v) is 8.16. The summed E-state index contributed by atoms with van der Waals surface area (Å²) in [6.07, 6.45) is 10.7. The fraction of sp³-hybridized carbons (Fsp3) is 0.722. The molecule has 0 bridgehead atoms. The highest BCUT2D eigenvalue weighted by Crippen LogP contribution is 2.30. The van der Waals surface area contributed by atoms with Crippen LogP contribution < -0.4 is 0 Å². The van der Waals surface area contributed by atoms with Crippen molar-refractivity contribution in [1.82, 2.24) is 4.98 Å². The maximum absolute atomic E-state index is 4.83. The van der Waals surface area contributed by atoms with Crippen LogP contribution in [0.5, 0.6) is 0 Å². The van der Waals surface area contributed by atoms with Crippen LogP contribution in [0.15, 0.2) is 6.20 Å². The van der Waals surface area contributed by atoms with Crippen molar-refractivity contribution in [3.05, 3.63) is 28.6 Å². The van der Waals surface area contributed by atoms with E-state index >= 15 is 0 Å². The third-order valence-electron chi connectivity index (χ3n) is 4.06. The van der Waals surface area contributed by atoms with Crippen LogP contribution in [0, 0.1) is 6.92 Å². The monoisotopic (exact) mass is 261 g/mol. The molecule has 1 unspecified atom stereocenters. The zero-order valence-electron chi connectivity index (χ0n) is 13.6. The Hall–Kier alpha value is -0.850. The molecular weight excluding hydrogens is 230 g/mol. The summed E-state index contributed by atoms with van der Waals surface area (Å²) in [5, 5.41) is 0. The summed E-state index contributed by atoms with van der Waals surface area (Å²) in [6, 6.07) is 0. The van der Waals surface area contributed by atoms with E-state index < -0.39 is 0 Å². The van der Waals surface area contributed by atoms with Crippen LogP contribution in [0.2, 0.25) is 0 Å². The maximum Gasteiger partial charge on any atom is 0.0469 e. The summed E-state index contributed by atoms with van der Waals surface area (Å²) < 4.78 is 0. The molecule has 108 valence electrons. The number of nitrogens with zero attached hydrogens (tertiary/aromatic N) is 1. The van der Waals surface area contributed by atoms with Crippen LogP contribution >= 0.6 is 0 Å². The van der Waals surface area contributed by atoms with E-state index in [9.17, 15) is 0 Å². The normalized spacial score (nSPS) is 12.7. The van der Waals surface area contributed by atoms with Crippen molar-refractivity contribution in [2.24, 2.45) is 0 Å². The Bertz CT molecular complexity index is 382. The highest BCUT2D eigenvalue weighted by Gasteiger charge is 2.18. The van der Waals surface area contributed by atoms with Gasteiger partial charge in [-0.1, -0.05) is 47.0 Å². The van der Waals surface area contributed by atoms with Gasteiger partial charge in [-0.3, -0.25) is 4.98 Å². The van der Waals surface area contributed by atoms with Gasteiger partial charge in [0.15, 0.2) is 0 Å². The first-order valence-electron chi connectivity index (χ1n) is 8.16.